The summed E-state index contributed by atoms with van der Waals surface area (Å²) in [5.41, 5.74) is 7.40. The monoisotopic (exact) mass is 357 g/mol. The van der Waals surface area contributed by atoms with E-state index in [1.54, 1.807) is 0 Å². The molecule has 0 saturated carbocycles. The van der Waals surface area contributed by atoms with Crippen molar-refractivity contribution in [1.82, 2.24) is 0 Å². The SMILES string of the molecule is CC(N)c1ccc(Br)cc1OCc1cc(F)ccc1Cl. The average molecular weight is 359 g/mol. The number of nitrogens with two attached hydrogens (primary N) is 1. The Morgan fingerprint density at radius 2 is 2.05 bits per heavy atom. The zero-order valence-corrected chi connectivity index (χ0v) is 13.2. The summed E-state index contributed by atoms with van der Waals surface area (Å²) in [5, 5.41) is 0.476. The van der Waals surface area contributed by atoms with E-state index in [4.69, 9.17) is 22.1 Å². The highest BCUT2D eigenvalue weighted by Gasteiger charge is 2.10. The normalized spacial score (nSPS) is 12.2. The van der Waals surface area contributed by atoms with Crippen LogP contribution in [0, 0.1) is 5.82 Å². The molecular formula is C15H14BrClFNO. The summed E-state index contributed by atoms with van der Waals surface area (Å²) in [6, 6.07) is 9.69. The van der Waals surface area contributed by atoms with Crippen LogP contribution in [0.3, 0.4) is 0 Å². The molecule has 0 aliphatic rings. The van der Waals surface area contributed by atoms with Crippen molar-refractivity contribution in [2.75, 3.05) is 0 Å². The van der Waals surface area contributed by atoms with Crippen LogP contribution in [0.4, 0.5) is 4.39 Å². The van der Waals surface area contributed by atoms with E-state index in [1.165, 1.54) is 18.2 Å². The minimum Gasteiger partial charge on any atom is -0.488 e. The van der Waals surface area contributed by atoms with Crippen LogP contribution in [0.5, 0.6) is 5.75 Å². The van der Waals surface area contributed by atoms with Crippen molar-refractivity contribution >= 4 is 27.5 Å². The molecule has 0 radical (unpaired) electrons. The van der Waals surface area contributed by atoms with Crippen molar-refractivity contribution in [3.63, 3.8) is 0 Å². The third kappa shape index (κ3) is 3.72. The first kappa shape index (κ1) is 15.3. The van der Waals surface area contributed by atoms with Gasteiger partial charge in [-0.25, -0.2) is 4.39 Å². The van der Waals surface area contributed by atoms with Crippen LogP contribution in [0.1, 0.15) is 24.1 Å². The largest absolute Gasteiger partial charge is 0.488 e. The lowest BCUT2D eigenvalue weighted by Gasteiger charge is -2.15. The molecule has 2 rings (SSSR count). The van der Waals surface area contributed by atoms with Crippen LogP contribution in [-0.2, 0) is 6.61 Å². The van der Waals surface area contributed by atoms with Gasteiger partial charge in [-0.05, 0) is 37.3 Å². The van der Waals surface area contributed by atoms with E-state index in [-0.39, 0.29) is 18.5 Å². The second-order valence-corrected chi connectivity index (χ2v) is 5.82. The van der Waals surface area contributed by atoms with Crippen molar-refractivity contribution in [1.29, 1.82) is 0 Å². The lowest BCUT2D eigenvalue weighted by atomic mass is 10.1. The van der Waals surface area contributed by atoms with Gasteiger partial charge in [0.2, 0.25) is 0 Å². The van der Waals surface area contributed by atoms with Crippen LogP contribution >= 0.6 is 27.5 Å². The van der Waals surface area contributed by atoms with Gasteiger partial charge in [0, 0.05) is 26.7 Å². The number of rotatable bonds is 4. The maximum atomic E-state index is 13.2. The van der Waals surface area contributed by atoms with Crippen LogP contribution < -0.4 is 10.5 Å². The molecule has 0 aromatic heterocycles. The van der Waals surface area contributed by atoms with Crippen molar-refractivity contribution in [3.8, 4) is 5.75 Å². The van der Waals surface area contributed by atoms with Crippen molar-refractivity contribution < 1.29 is 9.13 Å². The highest BCUT2D eigenvalue weighted by atomic mass is 79.9. The van der Waals surface area contributed by atoms with E-state index in [0.717, 1.165) is 10.0 Å². The first-order chi connectivity index (χ1) is 9.47. The van der Waals surface area contributed by atoms with E-state index in [2.05, 4.69) is 15.9 Å². The molecule has 1 unspecified atom stereocenters. The Hall–Kier alpha value is -1.10. The molecule has 0 saturated heterocycles. The van der Waals surface area contributed by atoms with Gasteiger partial charge in [0.25, 0.3) is 0 Å². The van der Waals surface area contributed by atoms with Gasteiger partial charge in [-0.2, -0.15) is 0 Å². The molecule has 0 fully saturated rings. The van der Waals surface area contributed by atoms with Gasteiger partial charge >= 0.3 is 0 Å². The van der Waals surface area contributed by atoms with Crippen LogP contribution in [-0.4, -0.2) is 0 Å². The molecule has 0 aliphatic carbocycles. The molecule has 20 heavy (non-hydrogen) atoms. The minimum atomic E-state index is -0.338. The van der Waals surface area contributed by atoms with E-state index >= 15 is 0 Å². The van der Waals surface area contributed by atoms with Gasteiger partial charge in [0.1, 0.15) is 18.2 Å². The minimum absolute atomic E-state index is 0.152. The smallest absolute Gasteiger partial charge is 0.125 e. The highest BCUT2D eigenvalue weighted by Crippen LogP contribution is 2.29. The van der Waals surface area contributed by atoms with Gasteiger partial charge < -0.3 is 10.5 Å². The average Bonchev–Trinajstić information content (AvgIpc) is 2.39. The quantitative estimate of drug-likeness (QED) is 0.848. The van der Waals surface area contributed by atoms with Gasteiger partial charge in [-0.15, -0.1) is 0 Å². The number of halogens is 3. The fraction of sp³-hybridized carbons (Fsp3) is 0.200. The molecular weight excluding hydrogens is 345 g/mol. The van der Waals surface area contributed by atoms with Gasteiger partial charge in [0.15, 0.2) is 0 Å². The summed E-state index contributed by atoms with van der Waals surface area (Å²) in [6.07, 6.45) is 0. The Morgan fingerprint density at radius 1 is 1.30 bits per heavy atom. The molecule has 0 heterocycles. The second-order valence-electron chi connectivity index (χ2n) is 4.50. The lowest BCUT2D eigenvalue weighted by Crippen LogP contribution is -2.08. The summed E-state index contributed by atoms with van der Waals surface area (Å²) in [4.78, 5) is 0. The molecule has 2 nitrogen and oxygen atoms in total. The third-order valence-electron chi connectivity index (χ3n) is 2.86. The second kappa shape index (κ2) is 6.57. The zero-order valence-electron chi connectivity index (χ0n) is 10.9. The highest BCUT2D eigenvalue weighted by molar-refractivity contribution is 9.10. The molecule has 106 valence electrons. The van der Waals surface area contributed by atoms with Crippen LogP contribution in [0.25, 0.3) is 0 Å². The molecule has 0 amide bonds. The Balaban J connectivity index is 2.22. The molecule has 0 spiro atoms. The fourth-order valence-corrected chi connectivity index (χ4v) is 2.33. The van der Waals surface area contributed by atoms with Gasteiger partial charge in [0.05, 0.1) is 0 Å². The van der Waals surface area contributed by atoms with E-state index in [9.17, 15) is 4.39 Å². The van der Waals surface area contributed by atoms with Crippen molar-refractivity contribution in [2.45, 2.75) is 19.6 Å². The predicted molar refractivity (Wildman–Crippen MR) is 82.5 cm³/mol. The van der Waals surface area contributed by atoms with E-state index in [0.29, 0.717) is 16.3 Å². The summed E-state index contributed by atoms with van der Waals surface area (Å²) in [7, 11) is 0. The zero-order chi connectivity index (χ0) is 14.7. The maximum Gasteiger partial charge on any atom is 0.125 e. The first-order valence-corrected chi connectivity index (χ1v) is 7.26. The predicted octanol–water partition coefficient (Wildman–Crippen LogP) is 4.84. The van der Waals surface area contributed by atoms with Crippen LogP contribution in [0.2, 0.25) is 5.02 Å². The van der Waals surface area contributed by atoms with Crippen molar-refractivity contribution in [3.05, 3.63) is 62.8 Å². The molecule has 0 aliphatic heterocycles. The molecule has 1 atom stereocenters. The summed E-state index contributed by atoms with van der Waals surface area (Å²) >= 11 is 9.41. The van der Waals surface area contributed by atoms with E-state index < -0.39 is 0 Å². The lowest BCUT2D eigenvalue weighted by molar-refractivity contribution is 0.301. The summed E-state index contributed by atoms with van der Waals surface area (Å²) < 4.78 is 19.8. The molecule has 5 heteroatoms. The standard InChI is InChI=1S/C15H14BrClFNO/c1-9(19)13-4-2-11(16)7-15(13)20-8-10-6-12(18)3-5-14(10)17/h2-7,9H,8,19H2,1H3. The fourth-order valence-electron chi connectivity index (χ4n) is 1.82. The molecule has 2 aromatic rings. The Kier molecular flexibility index (Phi) is 5.02. The topological polar surface area (TPSA) is 35.2 Å². The summed E-state index contributed by atoms with van der Waals surface area (Å²) in [5.74, 6) is 0.323. The summed E-state index contributed by atoms with van der Waals surface area (Å²) in [6.45, 7) is 2.07. The number of benzene rings is 2. The Bertz CT molecular complexity index is 619. The van der Waals surface area contributed by atoms with Crippen molar-refractivity contribution in [2.24, 2.45) is 5.73 Å². The molecule has 2 aromatic carbocycles. The number of hydrogen-bond donors (Lipinski definition) is 1. The molecule has 0 bridgehead atoms. The van der Waals surface area contributed by atoms with E-state index in [1.807, 2.05) is 25.1 Å². The number of hydrogen-bond acceptors (Lipinski definition) is 2. The first-order valence-electron chi connectivity index (χ1n) is 6.09. The Morgan fingerprint density at radius 3 is 2.75 bits per heavy atom. The van der Waals surface area contributed by atoms with Crippen LogP contribution in [0.15, 0.2) is 40.9 Å². The maximum absolute atomic E-state index is 13.2. The number of ether oxygens (including phenoxy) is 1. The molecule has 2 N–H and O–H groups in total. The van der Waals surface area contributed by atoms with Gasteiger partial charge in [-0.3, -0.25) is 0 Å². The van der Waals surface area contributed by atoms with Gasteiger partial charge in [-0.1, -0.05) is 33.6 Å². The Labute approximate surface area is 130 Å². The third-order valence-corrected chi connectivity index (χ3v) is 3.72.